The van der Waals surface area contributed by atoms with E-state index in [1.807, 2.05) is 25.1 Å². The van der Waals surface area contributed by atoms with Crippen LogP contribution >= 0.6 is 0 Å². The van der Waals surface area contributed by atoms with Crippen LogP contribution in [0.4, 0.5) is 0 Å². The van der Waals surface area contributed by atoms with Gasteiger partial charge in [0.05, 0.1) is 5.76 Å². The van der Waals surface area contributed by atoms with Gasteiger partial charge in [0.25, 0.3) is 0 Å². The van der Waals surface area contributed by atoms with E-state index in [1.165, 1.54) is 17.7 Å². The fraction of sp³-hybridized carbons (Fsp3) is 0.267. The lowest BCUT2D eigenvalue weighted by atomic mass is 9.99. The molecule has 0 bridgehead atoms. The lowest BCUT2D eigenvalue weighted by Crippen LogP contribution is -2.01. The Morgan fingerprint density at radius 2 is 1.94 bits per heavy atom. The number of hydrogen-bond acceptors (Lipinski definition) is 2. The zero-order valence-corrected chi connectivity index (χ0v) is 10.4. The summed E-state index contributed by atoms with van der Waals surface area (Å²) >= 11 is 0. The summed E-state index contributed by atoms with van der Waals surface area (Å²) in [5.41, 5.74) is 1.23. The Hall–Kier alpha value is -2.03. The number of rotatable bonds is 6. The zero-order chi connectivity index (χ0) is 13.4. The van der Waals surface area contributed by atoms with Crippen molar-refractivity contribution in [3.63, 3.8) is 0 Å². The summed E-state index contributed by atoms with van der Waals surface area (Å²) in [6, 6.07) is 10.1. The van der Waals surface area contributed by atoms with Crippen molar-refractivity contribution in [2.75, 3.05) is 0 Å². The molecule has 96 valence electrons. The van der Waals surface area contributed by atoms with Crippen LogP contribution in [0.25, 0.3) is 0 Å². The van der Waals surface area contributed by atoms with Crippen LogP contribution in [0.5, 0.6) is 0 Å². The maximum Gasteiger partial charge on any atom is 0.328 e. The predicted octanol–water partition coefficient (Wildman–Crippen LogP) is 3.34. The fourth-order valence-electron chi connectivity index (χ4n) is 1.57. The second kappa shape index (κ2) is 7.33. The third kappa shape index (κ3) is 5.34. The highest BCUT2D eigenvalue weighted by atomic mass is 16.4. The Kier molecular flexibility index (Phi) is 5.71. The maximum absolute atomic E-state index is 10.3. The van der Waals surface area contributed by atoms with Gasteiger partial charge in [-0.15, -0.1) is 0 Å². The molecule has 3 heteroatoms. The first-order chi connectivity index (χ1) is 8.59. The van der Waals surface area contributed by atoms with Crippen LogP contribution in [0.2, 0.25) is 0 Å². The van der Waals surface area contributed by atoms with E-state index in [1.54, 1.807) is 0 Å². The summed E-state index contributed by atoms with van der Waals surface area (Å²) in [5.74, 6) is -0.789. The molecule has 0 fully saturated rings. The Balaban J connectivity index is 2.45. The van der Waals surface area contributed by atoms with E-state index in [4.69, 9.17) is 5.11 Å². The molecule has 0 saturated heterocycles. The van der Waals surface area contributed by atoms with Crippen molar-refractivity contribution in [1.29, 1.82) is 0 Å². The minimum atomic E-state index is -1.02. The van der Waals surface area contributed by atoms with Gasteiger partial charge in [-0.05, 0) is 24.5 Å². The topological polar surface area (TPSA) is 57.5 Å². The molecule has 0 amide bonds. The minimum Gasteiger partial charge on any atom is -0.512 e. The number of carboxylic acids is 1. The van der Waals surface area contributed by atoms with Crippen molar-refractivity contribution >= 4 is 5.97 Å². The molecule has 0 aromatic heterocycles. The van der Waals surface area contributed by atoms with E-state index in [0.717, 1.165) is 18.9 Å². The standard InChI is InChI=1S/C15H18O3/c1-12(14(16)8-5-9-15(17)18)10-11-13-6-3-2-4-7-13/h2-9,12,16H,10-11H2,1H3,(H,17,18)/b9-5+,14-8-. The second-order valence-corrected chi connectivity index (χ2v) is 4.21. The smallest absolute Gasteiger partial charge is 0.328 e. The highest BCUT2D eigenvalue weighted by Gasteiger charge is 2.06. The van der Waals surface area contributed by atoms with E-state index >= 15 is 0 Å². The molecule has 18 heavy (non-hydrogen) atoms. The Morgan fingerprint density at radius 3 is 2.56 bits per heavy atom. The number of allylic oxidation sites excluding steroid dienone is 3. The molecule has 0 aliphatic rings. The summed E-state index contributed by atoms with van der Waals surface area (Å²) in [6.45, 7) is 1.92. The van der Waals surface area contributed by atoms with E-state index in [9.17, 15) is 9.90 Å². The van der Waals surface area contributed by atoms with Gasteiger partial charge in [0.1, 0.15) is 0 Å². The van der Waals surface area contributed by atoms with Gasteiger partial charge in [-0.2, -0.15) is 0 Å². The second-order valence-electron chi connectivity index (χ2n) is 4.21. The zero-order valence-electron chi connectivity index (χ0n) is 10.4. The molecule has 1 unspecified atom stereocenters. The maximum atomic E-state index is 10.3. The van der Waals surface area contributed by atoms with Crippen LogP contribution < -0.4 is 0 Å². The first kappa shape index (κ1) is 14.0. The number of carboxylic acid groups (broad SMARTS) is 1. The van der Waals surface area contributed by atoms with E-state index in [2.05, 4.69) is 12.1 Å². The quantitative estimate of drug-likeness (QED) is 0.460. The number of hydrogen-bond donors (Lipinski definition) is 2. The number of carbonyl (C=O) groups is 1. The van der Waals surface area contributed by atoms with Gasteiger partial charge in [-0.1, -0.05) is 43.3 Å². The first-order valence-electron chi connectivity index (χ1n) is 5.93. The van der Waals surface area contributed by atoms with Gasteiger partial charge >= 0.3 is 5.97 Å². The van der Waals surface area contributed by atoms with Crippen molar-refractivity contribution in [3.8, 4) is 0 Å². The highest BCUT2D eigenvalue weighted by Crippen LogP contribution is 2.15. The molecule has 2 N–H and O–H groups in total. The molecule has 0 heterocycles. The van der Waals surface area contributed by atoms with Crippen molar-refractivity contribution in [2.45, 2.75) is 19.8 Å². The van der Waals surface area contributed by atoms with Gasteiger partial charge in [-0.25, -0.2) is 4.79 Å². The predicted molar refractivity (Wildman–Crippen MR) is 71.4 cm³/mol. The largest absolute Gasteiger partial charge is 0.512 e. The van der Waals surface area contributed by atoms with Gasteiger partial charge in [0, 0.05) is 12.0 Å². The minimum absolute atomic E-state index is 0.0173. The molecule has 0 saturated carbocycles. The molecule has 1 atom stereocenters. The summed E-state index contributed by atoms with van der Waals surface area (Å²) < 4.78 is 0. The van der Waals surface area contributed by atoms with Crippen LogP contribution in [-0.4, -0.2) is 16.2 Å². The molecule has 1 rings (SSSR count). The highest BCUT2D eigenvalue weighted by molar-refractivity contribution is 5.80. The van der Waals surface area contributed by atoms with Gasteiger partial charge in [0.2, 0.25) is 0 Å². The van der Waals surface area contributed by atoms with Crippen LogP contribution in [0.15, 0.2) is 54.3 Å². The van der Waals surface area contributed by atoms with Crippen LogP contribution in [0.3, 0.4) is 0 Å². The average Bonchev–Trinajstić information content (AvgIpc) is 2.36. The third-order valence-corrected chi connectivity index (χ3v) is 2.72. The monoisotopic (exact) mass is 246 g/mol. The van der Waals surface area contributed by atoms with Crippen LogP contribution in [0, 0.1) is 5.92 Å². The summed E-state index contributed by atoms with van der Waals surface area (Å²) in [4.78, 5) is 10.3. The number of aliphatic carboxylic acids is 1. The van der Waals surface area contributed by atoms with Crippen molar-refractivity contribution < 1.29 is 15.0 Å². The number of aryl methyl sites for hydroxylation is 1. The number of aliphatic hydroxyl groups excluding tert-OH is 1. The van der Waals surface area contributed by atoms with E-state index in [0.29, 0.717) is 0 Å². The average molecular weight is 246 g/mol. The Bertz CT molecular complexity index is 432. The Morgan fingerprint density at radius 1 is 1.28 bits per heavy atom. The lowest BCUT2D eigenvalue weighted by Gasteiger charge is -2.10. The van der Waals surface area contributed by atoms with Crippen LogP contribution in [0.1, 0.15) is 18.9 Å². The molecule has 0 spiro atoms. The molecule has 0 aliphatic heterocycles. The van der Waals surface area contributed by atoms with Crippen molar-refractivity contribution in [2.24, 2.45) is 5.92 Å². The third-order valence-electron chi connectivity index (χ3n) is 2.72. The molecule has 1 aromatic rings. The molecule has 0 aliphatic carbocycles. The molecular weight excluding hydrogens is 228 g/mol. The van der Waals surface area contributed by atoms with E-state index < -0.39 is 5.97 Å². The van der Waals surface area contributed by atoms with Crippen molar-refractivity contribution in [3.05, 3.63) is 59.9 Å². The SMILES string of the molecule is CC(CCc1ccccc1)/C(O)=C/C=C/C(=O)O. The summed E-state index contributed by atoms with van der Waals surface area (Å²) in [7, 11) is 0. The van der Waals surface area contributed by atoms with Gasteiger partial charge in [-0.3, -0.25) is 0 Å². The molecule has 1 aromatic carbocycles. The molecule has 0 radical (unpaired) electrons. The lowest BCUT2D eigenvalue weighted by molar-refractivity contribution is -0.131. The first-order valence-corrected chi connectivity index (χ1v) is 5.93. The number of aliphatic hydroxyl groups is 1. The van der Waals surface area contributed by atoms with Gasteiger partial charge in [0.15, 0.2) is 0 Å². The molecular formula is C15H18O3. The van der Waals surface area contributed by atoms with Crippen molar-refractivity contribution in [1.82, 2.24) is 0 Å². The van der Waals surface area contributed by atoms with Gasteiger partial charge < -0.3 is 10.2 Å². The molecule has 3 nitrogen and oxygen atoms in total. The number of benzene rings is 1. The van der Waals surface area contributed by atoms with Crippen LogP contribution in [-0.2, 0) is 11.2 Å². The van der Waals surface area contributed by atoms with E-state index in [-0.39, 0.29) is 11.7 Å². The fourth-order valence-corrected chi connectivity index (χ4v) is 1.57. The Labute approximate surface area is 107 Å². The normalized spacial score (nSPS) is 13.7. The summed E-state index contributed by atoms with van der Waals surface area (Å²) in [6.07, 6.45) is 5.50. The summed E-state index contributed by atoms with van der Waals surface area (Å²) in [5, 5.41) is 18.1.